The summed E-state index contributed by atoms with van der Waals surface area (Å²) in [5.74, 6) is 1.86. The Kier molecular flexibility index (Phi) is 4.09. The third-order valence-electron chi connectivity index (χ3n) is 2.00. The maximum Gasteiger partial charge on any atom is 0.181 e. The van der Waals surface area contributed by atoms with Crippen LogP contribution in [0, 0.1) is 11.1 Å². The Morgan fingerprint density at radius 3 is 2.62 bits per heavy atom. The molecule has 0 amide bonds. The van der Waals surface area contributed by atoms with Gasteiger partial charge in [-0.1, -0.05) is 20.3 Å². The summed E-state index contributed by atoms with van der Waals surface area (Å²) in [6, 6.07) is 3.72. The predicted molar refractivity (Wildman–Crippen MR) is 55.6 cm³/mol. The van der Waals surface area contributed by atoms with Crippen molar-refractivity contribution in [3.63, 3.8) is 0 Å². The zero-order valence-corrected chi connectivity index (χ0v) is 8.88. The van der Waals surface area contributed by atoms with Crippen molar-refractivity contribution in [3.8, 4) is 0 Å². The first-order valence-corrected chi connectivity index (χ1v) is 5.52. The van der Waals surface area contributed by atoms with E-state index in [-0.39, 0.29) is 0 Å². The Morgan fingerprint density at radius 2 is 2.08 bits per heavy atom. The van der Waals surface area contributed by atoms with E-state index in [1.54, 1.807) is 12.4 Å². The van der Waals surface area contributed by atoms with Crippen LogP contribution in [-0.4, -0.2) is 5.75 Å². The summed E-state index contributed by atoms with van der Waals surface area (Å²) < 4.78 is 0.813. The number of hydrogen-bond donors (Lipinski definition) is 0. The molecule has 0 unspecified atom stereocenters. The maximum absolute atomic E-state index is 10.7. The van der Waals surface area contributed by atoms with Crippen LogP contribution in [0.3, 0.4) is 0 Å². The van der Waals surface area contributed by atoms with Gasteiger partial charge < -0.3 is 5.21 Å². The monoisotopic (exact) mass is 197 g/mol. The van der Waals surface area contributed by atoms with Crippen molar-refractivity contribution in [1.82, 2.24) is 0 Å². The first-order valence-electron chi connectivity index (χ1n) is 4.54. The van der Waals surface area contributed by atoms with Crippen molar-refractivity contribution >= 4 is 11.8 Å². The van der Waals surface area contributed by atoms with E-state index in [0.29, 0.717) is 0 Å². The molecule has 0 aliphatic carbocycles. The second-order valence-electron chi connectivity index (χ2n) is 3.22. The molecule has 0 spiro atoms. The van der Waals surface area contributed by atoms with Gasteiger partial charge in [-0.25, -0.2) is 0 Å². The molecule has 0 bridgehead atoms. The number of nitrogens with zero attached hydrogens (tertiary/aromatic N) is 1. The quantitative estimate of drug-likeness (QED) is 0.421. The molecule has 3 heteroatoms. The molecule has 0 aliphatic heterocycles. The number of rotatable bonds is 4. The summed E-state index contributed by atoms with van der Waals surface area (Å²) in [6.45, 7) is 4.44. The SMILES string of the molecule is CC[C@H](C)CSc1cc[n+]([O-])cc1. The molecule has 0 radical (unpaired) electrons. The Hall–Kier alpha value is -0.700. The smallest absolute Gasteiger partial charge is 0.181 e. The molecule has 2 nitrogen and oxygen atoms in total. The Labute approximate surface area is 83.6 Å². The molecule has 1 heterocycles. The van der Waals surface area contributed by atoms with Crippen LogP contribution in [0.15, 0.2) is 29.4 Å². The van der Waals surface area contributed by atoms with Crippen molar-refractivity contribution in [3.05, 3.63) is 29.7 Å². The van der Waals surface area contributed by atoms with Crippen LogP contribution < -0.4 is 4.73 Å². The summed E-state index contributed by atoms with van der Waals surface area (Å²) in [6.07, 6.45) is 4.29. The molecule has 0 saturated carbocycles. The van der Waals surface area contributed by atoms with E-state index in [1.165, 1.54) is 11.3 Å². The van der Waals surface area contributed by atoms with Gasteiger partial charge in [0.1, 0.15) is 0 Å². The summed E-state index contributed by atoms with van der Waals surface area (Å²) in [4.78, 5) is 1.17. The van der Waals surface area contributed by atoms with Crippen LogP contribution >= 0.6 is 11.8 Å². The van der Waals surface area contributed by atoms with Gasteiger partial charge in [-0.15, -0.1) is 11.8 Å². The third kappa shape index (κ3) is 3.68. The molecule has 0 fully saturated rings. The molecule has 0 aromatic carbocycles. The van der Waals surface area contributed by atoms with Crippen LogP contribution in [0.2, 0.25) is 0 Å². The molecular weight excluding hydrogens is 182 g/mol. The molecule has 13 heavy (non-hydrogen) atoms. The predicted octanol–water partition coefficient (Wildman–Crippen LogP) is 2.46. The minimum atomic E-state index is 0.740. The minimum absolute atomic E-state index is 0.740. The lowest BCUT2D eigenvalue weighted by atomic mass is 10.2. The first-order chi connectivity index (χ1) is 6.22. The Bertz CT molecular complexity index is 248. The van der Waals surface area contributed by atoms with E-state index < -0.39 is 0 Å². The van der Waals surface area contributed by atoms with Crippen LogP contribution in [0.1, 0.15) is 20.3 Å². The maximum atomic E-state index is 10.7. The van der Waals surface area contributed by atoms with E-state index in [4.69, 9.17) is 0 Å². The average Bonchev–Trinajstić information content (AvgIpc) is 2.16. The summed E-state index contributed by atoms with van der Waals surface area (Å²) in [5, 5.41) is 10.7. The second kappa shape index (κ2) is 5.12. The van der Waals surface area contributed by atoms with Gasteiger partial charge in [0, 0.05) is 22.8 Å². The molecule has 1 rings (SSSR count). The molecule has 0 N–H and O–H groups in total. The lowest BCUT2D eigenvalue weighted by Crippen LogP contribution is -2.23. The van der Waals surface area contributed by atoms with Crippen molar-refractivity contribution in [2.45, 2.75) is 25.2 Å². The fourth-order valence-corrected chi connectivity index (χ4v) is 1.88. The number of aromatic nitrogens is 1. The summed E-state index contributed by atoms with van der Waals surface area (Å²) in [5.41, 5.74) is 0. The van der Waals surface area contributed by atoms with E-state index in [0.717, 1.165) is 16.4 Å². The largest absolute Gasteiger partial charge is 0.619 e. The number of pyridine rings is 1. The highest BCUT2D eigenvalue weighted by Crippen LogP contribution is 2.20. The fraction of sp³-hybridized carbons (Fsp3) is 0.500. The third-order valence-corrected chi connectivity index (χ3v) is 3.34. The molecule has 72 valence electrons. The zero-order chi connectivity index (χ0) is 9.68. The highest BCUT2D eigenvalue weighted by Gasteiger charge is 2.00. The molecular formula is C10H15NOS. The highest BCUT2D eigenvalue weighted by atomic mass is 32.2. The van der Waals surface area contributed by atoms with Gasteiger partial charge in [0.2, 0.25) is 0 Å². The van der Waals surface area contributed by atoms with Gasteiger partial charge in [0.15, 0.2) is 12.4 Å². The zero-order valence-electron chi connectivity index (χ0n) is 8.06. The minimum Gasteiger partial charge on any atom is -0.619 e. The van der Waals surface area contributed by atoms with Gasteiger partial charge in [-0.2, -0.15) is 4.73 Å². The van der Waals surface area contributed by atoms with E-state index in [1.807, 2.05) is 23.9 Å². The van der Waals surface area contributed by atoms with Crippen LogP contribution in [0.4, 0.5) is 0 Å². The van der Waals surface area contributed by atoms with Crippen LogP contribution in [0.5, 0.6) is 0 Å². The lowest BCUT2D eigenvalue weighted by Gasteiger charge is -2.06. The van der Waals surface area contributed by atoms with Crippen molar-refractivity contribution < 1.29 is 4.73 Å². The topological polar surface area (TPSA) is 26.9 Å². The standard InChI is InChI=1S/C10H15NOS/c1-3-9(2)8-13-10-4-6-11(12)7-5-10/h4-7,9H,3,8H2,1-2H3/t9-/m0/s1. The molecule has 1 atom stereocenters. The summed E-state index contributed by atoms with van der Waals surface area (Å²) >= 11 is 1.81. The summed E-state index contributed by atoms with van der Waals surface area (Å²) in [7, 11) is 0. The van der Waals surface area contributed by atoms with Gasteiger partial charge in [0.25, 0.3) is 0 Å². The molecule has 0 saturated heterocycles. The Balaban J connectivity index is 2.41. The second-order valence-corrected chi connectivity index (χ2v) is 4.31. The van der Waals surface area contributed by atoms with Gasteiger partial charge in [0.05, 0.1) is 0 Å². The first kappa shape index (κ1) is 10.4. The van der Waals surface area contributed by atoms with Gasteiger partial charge in [-0.3, -0.25) is 0 Å². The number of hydrogen-bond acceptors (Lipinski definition) is 2. The van der Waals surface area contributed by atoms with Crippen LogP contribution in [0.25, 0.3) is 0 Å². The normalized spacial score (nSPS) is 12.8. The van der Waals surface area contributed by atoms with Crippen molar-refractivity contribution in [2.24, 2.45) is 5.92 Å². The van der Waals surface area contributed by atoms with Crippen LogP contribution in [-0.2, 0) is 0 Å². The Morgan fingerprint density at radius 1 is 1.46 bits per heavy atom. The molecule has 1 aromatic rings. The number of thioether (sulfide) groups is 1. The van der Waals surface area contributed by atoms with Gasteiger partial charge >= 0.3 is 0 Å². The lowest BCUT2D eigenvalue weighted by molar-refractivity contribution is -0.605. The fourth-order valence-electron chi connectivity index (χ4n) is 0.852. The van der Waals surface area contributed by atoms with E-state index >= 15 is 0 Å². The van der Waals surface area contributed by atoms with Crippen molar-refractivity contribution in [2.75, 3.05) is 5.75 Å². The highest BCUT2D eigenvalue weighted by molar-refractivity contribution is 7.99. The molecule has 1 aromatic heterocycles. The van der Waals surface area contributed by atoms with Gasteiger partial charge in [-0.05, 0) is 5.92 Å². The average molecular weight is 197 g/mol. The van der Waals surface area contributed by atoms with E-state index in [9.17, 15) is 5.21 Å². The molecule has 0 aliphatic rings. The van der Waals surface area contributed by atoms with E-state index in [2.05, 4.69) is 13.8 Å². The van der Waals surface area contributed by atoms with Crippen molar-refractivity contribution in [1.29, 1.82) is 0 Å².